The minimum absolute atomic E-state index is 0.0558. The highest BCUT2D eigenvalue weighted by atomic mass is 16.2. The third-order valence-corrected chi connectivity index (χ3v) is 3.51. The molecule has 100 valence electrons. The van der Waals surface area contributed by atoms with Crippen molar-refractivity contribution in [2.45, 2.75) is 65.2 Å². The monoisotopic (exact) mass is 241 g/mol. The van der Waals surface area contributed by atoms with Crippen molar-refractivity contribution in [3.63, 3.8) is 0 Å². The van der Waals surface area contributed by atoms with Crippen molar-refractivity contribution in [2.24, 2.45) is 5.73 Å². The van der Waals surface area contributed by atoms with Crippen LogP contribution < -0.4 is 5.73 Å². The third-order valence-electron chi connectivity index (χ3n) is 3.51. The molecule has 2 atom stereocenters. The van der Waals surface area contributed by atoms with Crippen LogP contribution in [-0.2, 0) is 4.79 Å². The molecule has 0 saturated carbocycles. The van der Waals surface area contributed by atoms with Crippen molar-refractivity contribution in [2.75, 3.05) is 13.1 Å². The molecule has 1 aliphatic rings. The molecule has 0 aliphatic carbocycles. The van der Waals surface area contributed by atoms with E-state index in [0.717, 1.165) is 13.1 Å². The molecule has 17 heavy (non-hydrogen) atoms. The molecule has 0 aromatic carbocycles. The van der Waals surface area contributed by atoms with E-state index in [9.17, 15) is 4.79 Å². The average Bonchev–Trinajstić information content (AvgIpc) is 2.18. The first-order valence-corrected chi connectivity index (χ1v) is 6.50. The van der Waals surface area contributed by atoms with E-state index in [1.807, 2.05) is 4.90 Å². The van der Waals surface area contributed by atoms with Gasteiger partial charge in [0.15, 0.2) is 0 Å². The number of carbonyl (C=O) groups excluding carboxylic acids is 1. The molecule has 0 aromatic heterocycles. The van der Waals surface area contributed by atoms with Gasteiger partial charge in [0.05, 0.1) is 5.54 Å². The lowest BCUT2D eigenvalue weighted by Gasteiger charge is -2.47. The van der Waals surface area contributed by atoms with Gasteiger partial charge in [-0.05, 0) is 41.5 Å². The van der Waals surface area contributed by atoms with E-state index in [-0.39, 0.29) is 11.9 Å². The predicted octanol–water partition coefficient (Wildman–Crippen LogP) is 1.05. The fraction of sp³-hybridized carbons (Fsp3) is 0.923. The fourth-order valence-corrected chi connectivity index (χ4v) is 2.53. The predicted molar refractivity (Wildman–Crippen MR) is 70.7 cm³/mol. The zero-order chi connectivity index (χ0) is 13.4. The minimum Gasteiger partial charge on any atom is -0.336 e. The average molecular weight is 241 g/mol. The van der Waals surface area contributed by atoms with Crippen LogP contribution in [0, 0.1) is 0 Å². The summed E-state index contributed by atoms with van der Waals surface area (Å²) in [5, 5.41) is 0. The molecule has 4 heteroatoms. The Hall–Kier alpha value is -0.610. The largest absolute Gasteiger partial charge is 0.336 e. The minimum atomic E-state index is -0.770. The second kappa shape index (κ2) is 4.94. The lowest BCUT2D eigenvalue weighted by atomic mass is 10.00. The zero-order valence-electron chi connectivity index (χ0n) is 12.0. The summed E-state index contributed by atoms with van der Waals surface area (Å²) in [6.07, 6.45) is 0. The first kappa shape index (κ1) is 14.5. The van der Waals surface area contributed by atoms with E-state index < -0.39 is 5.54 Å². The van der Waals surface area contributed by atoms with Crippen LogP contribution in [0.3, 0.4) is 0 Å². The molecule has 0 aromatic rings. The summed E-state index contributed by atoms with van der Waals surface area (Å²) in [6.45, 7) is 13.9. The third kappa shape index (κ3) is 3.19. The van der Waals surface area contributed by atoms with Crippen LogP contribution in [0.15, 0.2) is 0 Å². The summed E-state index contributed by atoms with van der Waals surface area (Å²) in [7, 11) is 0. The number of carbonyl (C=O) groups is 1. The standard InChI is InChI=1S/C13H27N3O/c1-9(2)15-7-11(4)16(8-10(15)3)12(17)13(5,6)14/h9-11H,7-8,14H2,1-6H3/t10-,11-/m0/s1. The van der Waals surface area contributed by atoms with Gasteiger partial charge in [-0.25, -0.2) is 0 Å². The highest BCUT2D eigenvalue weighted by Gasteiger charge is 2.37. The first-order valence-electron chi connectivity index (χ1n) is 6.50. The van der Waals surface area contributed by atoms with Gasteiger partial charge in [-0.1, -0.05) is 0 Å². The van der Waals surface area contributed by atoms with E-state index in [2.05, 4.69) is 32.6 Å². The molecule has 1 saturated heterocycles. The molecule has 0 radical (unpaired) electrons. The summed E-state index contributed by atoms with van der Waals surface area (Å²) >= 11 is 0. The summed E-state index contributed by atoms with van der Waals surface area (Å²) in [4.78, 5) is 16.6. The van der Waals surface area contributed by atoms with E-state index >= 15 is 0 Å². The highest BCUT2D eigenvalue weighted by molar-refractivity contribution is 5.85. The quantitative estimate of drug-likeness (QED) is 0.786. The van der Waals surface area contributed by atoms with Crippen molar-refractivity contribution in [1.82, 2.24) is 9.80 Å². The first-order chi connectivity index (χ1) is 7.64. The van der Waals surface area contributed by atoms with Crippen LogP contribution in [0.25, 0.3) is 0 Å². The molecule has 1 fully saturated rings. The molecular formula is C13H27N3O. The van der Waals surface area contributed by atoms with Crippen molar-refractivity contribution >= 4 is 5.91 Å². The molecule has 1 aliphatic heterocycles. The van der Waals surface area contributed by atoms with Crippen LogP contribution >= 0.6 is 0 Å². The number of hydrogen-bond acceptors (Lipinski definition) is 3. The molecule has 2 N–H and O–H groups in total. The van der Waals surface area contributed by atoms with Crippen molar-refractivity contribution in [3.8, 4) is 0 Å². The van der Waals surface area contributed by atoms with E-state index in [1.54, 1.807) is 13.8 Å². The molecule has 1 rings (SSSR count). The van der Waals surface area contributed by atoms with Crippen LogP contribution in [-0.4, -0.2) is 52.5 Å². The maximum atomic E-state index is 12.2. The van der Waals surface area contributed by atoms with Crippen LogP contribution in [0.1, 0.15) is 41.5 Å². The topological polar surface area (TPSA) is 49.6 Å². The number of piperazine rings is 1. The molecule has 0 spiro atoms. The van der Waals surface area contributed by atoms with Gasteiger partial charge in [0.2, 0.25) is 5.91 Å². The normalized spacial score (nSPS) is 27.6. The Balaban J connectivity index is 2.77. The van der Waals surface area contributed by atoms with Crippen LogP contribution in [0.4, 0.5) is 0 Å². The second-order valence-corrected chi connectivity index (χ2v) is 6.17. The summed E-state index contributed by atoms with van der Waals surface area (Å²) in [5.74, 6) is 0.0558. The maximum absolute atomic E-state index is 12.2. The zero-order valence-corrected chi connectivity index (χ0v) is 12.0. The van der Waals surface area contributed by atoms with E-state index in [0.29, 0.717) is 12.1 Å². The van der Waals surface area contributed by atoms with Gasteiger partial charge in [0.1, 0.15) is 0 Å². The Morgan fingerprint density at radius 3 is 2.18 bits per heavy atom. The second-order valence-electron chi connectivity index (χ2n) is 6.17. The van der Waals surface area contributed by atoms with Crippen molar-refractivity contribution < 1.29 is 4.79 Å². The Morgan fingerprint density at radius 2 is 1.76 bits per heavy atom. The van der Waals surface area contributed by atoms with E-state index in [1.165, 1.54) is 0 Å². The lowest BCUT2D eigenvalue weighted by molar-refractivity contribution is -0.142. The molecular weight excluding hydrogens is 214 g/mol. The van der Waals surface area contributed by atoms with Crippen LogP contribution in [0.2, 0.25) is 0 Å². The Labute approximate surface area is 105 Å². The lowest BCUT2D eigenvalue weighted by Crippen LogP contribution is -2.63. The number of nitrogens with two attached hydrogens (primary N) is 1. The molecule has 1 heterocycles. The van der Waals surface area contributed by atoms with Crippen LogP contribution in [0.5, 0.6) is 0 Å². The van der Waals surface area contributed by atoms with Gasteiger partial charge in [-0.15, -0.1) is 0 Å². The summed E-state index contributed by atoms with van der Waals surface area (Å²) in [5.41, 5.74) is 5.14. The van der Waals surface area contributed by atoms with Crippen molar-refractivity contribution in [1.29, 1.82) is 0 Å². The van der Waals surface area contributed by atoms with E-state index in [4.69, 9.17) is 5.73 Å². The number of rotatable bonds is 2. The van der Waals surface area contributed by atoms with Gasteiger partial charge in [-0.3, -0.25) is 9.69 Å². The van der Waals surface area contributed by atoms with Gasteiger partial charge in [-0.2, -0.15) is 0 Å². The maximum Gasteiger partial charge on any atom is 0.242 e. The Morgan fingerprint density at radius 1 is 1.24 bits per heavy atom. The van der Waals surface area contributed by atoms with Crippen molar-refractivity contribution in [3.05, 3.63) is 0 Å². The van der Waals surface area contributed by atoms with Gasteiger partial charge < -0.3 is 10.6 Å². The molecule has 0 unspecified atom stereocenters. The number of hydrogen-bond donors (Lipinski definition) is 1. The SMILES string of the molecule is CC(C)N1C[C@H](C)N(C(=O)C(C)(C)N)C[C@@H]1C. The highest BCUT2D eigenvalue weighted by Crippen LogP contribution is 2.20. The van der Waals surface area contributed by atoms with Gasteiger partial charge in [0, 0.05) is 31.2 Å². The smallest absolute Gasteiger partial charge is 0.242 e. The molecule has 0 bridgehead atoms. The van der Waals surface area contributed by atoms with Gasteiger partial charge in [0.25, 0.3) is 0 Å². The molecule has 1 amide bonds. The summed E-state index contributed by atoms with van der Waals surface area (Å²) < 4.78 is 0. The number of nitrogens with zero attached hydrogens (tertiary/aromatic N) is 2. The fourth-order valence-electron chi connectivity index (χ4n) is 2.53. The molecule has 4 nitrogen and oxygen atoms in total. The number of amides is 1. The summed E-state index contributed by atoms with van der Waals surface area (Å²) in [6, 6.07) is 1.16. The van der Waals surface area contributed by atoms with Gasteiger partial charge >= 0.3 is 0 Å². The Kier molecular flexibility index (Phi) is 4.20. The Bertz CT molecular complexity index is 283.